The number of hydrogen-bond acceptors (Lipinski definition) is 4. The van der Waals surface area contributed by atoms with Crippen molar-refractivity contribution in [2.45, 2.75) is 31.7 Å². The summed E-state index contributed by atoms with van der Waals surface area (Å²) >= 11 is 1.61. The second-order valence-corrected chi connectivity index (χ2v) is 4.92. The highest BCUT2D eigenvalue weighted by Crippen LogP contribution is 2.45. The monoisotopic (exact) mass is 195 g/mol. The lowest BCUT2D eigenvalue weighted by Crippen LogP contribution is -2.24. The van der Waals surface area contributed by atoms with E-state index in [1.807, 2.05) is 0 Å². The van der Waals surface area contributed by atoms with Crippen LogP contribution in [0.2, 0.25) is 0 Å². The molecular formula is C9H13N3S. The third kappa shape index (κ3) is 1.68. The van der Waals surface area contributed by atoms with Crippen molar-refractivity contribution in [1.82, 2.24) is 10.2 Å². The van der Waals surface area contributed by atoms with Crippen molar-refractivity contribution in [2.24, 2.45) is 11.8 Å². The maximum Gasteiger partial charge on any atom is 0.205 e. The fraction of sp³-hybridized carbons (Fsp3) is 0.778. The van der Waals surface area contributed by atoms with Gasteiger partial charge in [0.1, 0.15) is 5.51 Å². The smallest absolute Gasteiger partial charge is 0.205 e. The van der Waals surface area contributed by atoms with Crippen LogP contribution < -0.4 is 5.32 Å². The number of nitrogens with one attached hydrogen (secondary N) is 1. The van der Waals surface area contributed by atoms with Crippen molar-refractivity contribution in [1.29, 1.82) is 0 Å². The van der Waals surface area contributed by atoms with E-state index in [1.165, 1.54) is 25.7 Å². The van der Waals surface area contributed by atoms with Gasteiger partial charge in [0.25, 0.3) is 0 Å². The van der Waals surface area contributed by atoms with Crippen LogP contribution in [0.25, 0.3) is 0 Å². The van der Waals surface area contributed by atoms with Gasteiger partial charge in [0, 0.05) is 6.04 Å². The van der Waals surface area contributed by atoms with Gasteiger partial charge in [0.05, 0.1) is 0 Å². The Balaban J connectivity index is 1.67. The molecule has 2 saturated carbocycles. The molecule has 70 valence electrons. The van der Waals surface area contributed by atoms with E-state index in [4.69, 9.17) is 0 Å². The molecule has 0 amide bonds. The summed E-state index contributed by atoms with van der Waals surface area (Å²) in [5, 5.41) is 12.4. The number of anilines is 1. The summed E-state index contributed by atoms with van der Waals surface area (Å²) in [5.41, 5.74) is 1.79. The summed E-state index contributed by atoms with van der Waals surface area (Å²) in [4.78, 5) is 0. The molecule has 0 aromatic carbocycles. The van der Waals surface area contributed by atoms with Crippen molar-refractivity contribution < 1.29 is 0 Å². The molecule has 0 bridgehead atoms. The molecular weight excluding hydrogens is 182 g/mol. The van der Waals surface area contributed by atoms with Gasteiger partial charge in [-0.1, -0.05) is 11.3 Å². The van der Waals surface area contributed by atoms with Crippen LogP contribution >= 0.6 is 11.3 Å². The minimum Gasteiger partial charge on any atom is -0.357 e. The van der Waals surface area contributed by atoms with Gasteiger partial charge in [-0.2, -0.15) is 0 Å². The predicted octanol–water partition coefficient (Wildman–Crippen LogP) is 2.14. The topological polar surface area (TPSA) is 37.8 Å². The van der Waals surface area contributed by atoms with E-state index in [2.05, 4.69) is 15.5 Å². The summed E-state index contributed by atoms with van der Waals surface area (Å²) in [7, 11) is 0. The van der Waals surface area contributed by atoms with Crippen molar-refractivity contribution in [3.05, 3.63) is 5.51 Å². The van der Waals surface area contributed by atoms with Gasteiger partial charge >= 0.3 is 0 Å². The Kier molecular flexibility index (Phi) is 1.75. The molecule has 3 rings (SSSR count). The number of rotatable bonds is 4. The standard InChI is InChI=1S/C9H13N3S/c1-2-6(1)8(7-3-4-7)11-9-12-10-5-13-9/h5-8H,1-4H2,(H,11,12). The van der Waals surface area contributed by atoms with Gasteiger partial charge < -0.3 is 5.32 Å². The fourth-order valence-corrected chi connectivity index (χ4v) is 2.40. The van der Waals surface area contributed by atoms with E-state index >= 15 is 0 Å². The first-order valence-electron chi connectivity index (χ1n) is 4.96. The molecule has 4 heteroatoms. The number of hydrogen-bond donors (Lipinski definition) is 1. The largest absolute Gasteiger partial charge is 0.357 e. The molecule has 1 heterocycles. The average molecular weight is 195 g/mol. The highest BCUT2D eigenvalue weighted by atomic mass is 32.1. The SMILES string of the molecule is c1nnc(NC(C2CC2)C2CC2)s1. The molecule has 0 atom stereocenters. The Morgan fingerprint density at radius 2 is 2.00 bits per heavy atom. The van der Waals surface area contributed by atoms with E-state index in [9.17, 15) is 0 Å². The van der Waals surface area contributed by atoms with Crippen LogP contribution in [0, 0.1) is 11.8 Å². The summed E-state index contributed by atoms with van der Waals surface area (Å²) in [5.74, 6) is 1.85. The van der Waals surface area contributed by atoms with Gasteiger partial charge in [-0.05, 0) is 37.5 Å². The lowest BCUT2D eigenvalue weighted by molar-refractivity contribution is 0.566. The molecule has 13 heavy (non-hydrogen) atoms. The van der Waals surface area contributed by atoms with E-state index in [1.54, 1.807) is 16.8 Å². The Labute approximate surface area is 81.6 Å². The Morgan fingerprint density at radius 3 is 2.46 bits per heavy atom. The first-order chi connectivity index (χ1) is 6.43. The van der Waals surface area contributed by atoms with Gasteiger partial charge in [-0.25, -0.2) is 0 Å². The zero-order valence-electron chi connectivity index (χ0n) is 7.44. The molecule has 2 aliphatic carbocycles. The van der Waals surface area contributed by atoms with Crippen LogP contribution in [0.15, 0.2) is 5.51 Å². The first kappa shape index (κ1) is 7.74. The lowest BCUT2D eigenvalue weighted by atomic mass is 10.1. The quantitative estimate of drug-likeness (QED) is 0.799. The van der Waals surface area contributed by atoms with Crippen LogP contribution in [0.4, 0.5) is 5.13 Å². The predicted molar refractivity (Wildman–Crippen MR) is 52.8 cm³/mol. The lowest BCUT2D eigenvalue weighted by Gasteiger charge is -2.15. The summed E-state index contributed by atoms with van der Waals surface area (Å²) in [6, 6.07) is 0.702. The van der Waals surface area contributed by atoms with Gasteiger partial charge in [-0.3, -0.25) is 0 Å². The Bertz CT molecular complexity index is 265. The molecule has 2 aliphatic rings. The third-order valence-electron chi connectivity index (χ3n) is 2.91. The van der Waals surface area contributed by atoms with Gasteiger partial charge in [0.2, 0.25) is 5.13 Å². The van der Waals surface area contributed by atoms with Gasteiger partial charge in [-0.15, -0.1) is 10.2 Å². The van der Waals surface area contributed by atoms with Crippen molar-refractivity contribution in [3.8, 4) is 0 Å². The maximum atomic E-state index is 4.03. The molecule has 0 aliphatic heterocycles. The summed E-state index contributed by atoms with van der Waals surface area (Å²) in [6.07, 6.45) is 5.64. The van der Waals surface area contributed by atoms with Crippen LogP contribution in [-0.4, -0.2) is 16.2 Å². The maximum absolute atomic E-state index is 4.03. The van der Waals surface area contributed by atoms with Crippen molar-refractivity contribution in [2.75, 3.05) is 5.32 Å². The highest BCUT2D eigenvalue weighted by molar-refractivity contribution is 7.13. The molecule has 1 aromatic heterocycles. The minimum atomic E-state index is 0.702. The highest BCUT2D eigenvalue weighted by Gasteiger charge is 2.41. The molecule has 0 radical (unpaired) electrons. The Hall–Kier alpha value is -0.640. The zero-order valence-corrected chi connectivity index (χ0v) is 8.26. The normalized spacial score (nSPS) is 22.2. The Morgan fingerprint density at radius 1 is 1.31 bits per heavy atom. The molecule has 3 nitrogen and oxygen atoms in total. The average Bonchev–Trinajstić information content (AvgIpc) is 3.04. The van der Waals surface area contributed by atoms with E-state index in [0.29, 0.717) is 6.04 Å². The van der Waals surface area contributed by atoms with E-state index in [-0.39, 0.29) is 0 Å². The van der Waals surface area contributed by atoms with Crippen LogP contribution in [0.1, 0.15) is 25.7 Å². The van der Waals surface area contributed by atoms with E-state index < -0.39 is 0 Å². The van der Waals surface area contributed by atoms with Crippen LogP contribution in [0.3, 0.4) is 0 Å². The fourth-order valence-electron chi connectivity index (χ4n) is 1.91. The van der Waals surface area contributed by atoms with Crippen molar-refractivity contribution >= 4 is 16.5 Å². The third-order valence-corrected chi connectivity index (χ3v) is 3.53. The summed E-state index contributed by atoms with van der Waals surface area (Å²) in [6.45, 7) is 0. The first-order valence-corrected chi connectivity index (χ1v) is 5.84. The molecule has 0 saturated heterocycles. The molecule has 1 aromatic rings. The second-order valence-electron chi connectivity index (χ2n) is 4.09. The van der Waals surface area contributed by atoms with Crippen molar-refractivity contribution in [3.63, 3.8) is 0 Å². The molecule has 1 N–H and O–H groups in total. The van der Waals surface area contributed by atoms with E-state index in [0.717, 1.165) is 17.0 Å². The summed E-state index contributed by atoms with van der Waals surface area (Å²) < 4.78 is 0. The number of nitrogens with zero attached hydrogens (tertiary/aromatic N) is 2. The van der Waals surface area contributed by atoms with Crippen LogP contribution in [0.5, 0.6) is 0 Å². The molecule has 0 unspecified atom stereocenters. The number of aromatic nitrogens is 2. The van der Waals surface area contributed by atoms with Crippen LogP contribution in [-0.2, 0) is 0 Å². The second kappa shape index (κ2) is 2.94. The molecule has 0 spiro atoms. The minimum absolute atomic E-state index is 0.702. The van der Waals surface area contributed by atoms with Gasteiger partial charge in [0.15, 0.2) is 0 Å². The zero-order chi connectivity index (χ0) is 8.67. The molecule has 2 fully saturated rings.